The first-order chi connectivity index (χ1) is 23.3. The fourth-order valence-electron chi connectivity index (χ4n) is 7.33. The highest BCUT2D eigenvalue weighted by molar-refractivity contribution is 8.05. The number of fused-ring (bicyclic) bond motifs is 1. The van der Waals surface area contributed by atoms with Crippen LogP contribution in [0.15, 0.2) is 66.1 Å². The van der Waals surface area contributed by atoms with Gasteiger partial charge in [-0.25, -0.2) is 0 Å². The molecule has 0 bridgehead atoms. The minimum atomic E-state index is 0.0563. The number of rotatable bonds is 18. The maximum Gasteiger partial charge on any atom is 0.220 e. The highest BCUT2D eigenvalue weighted by Gasteiger charge is 2.30. The second kappa shape index (κ2) is 17.2. The number of allylic oxidation sites excluding steroid dienone is 2. The van der Waals surface area contributed by atoms with Crippen molar-refractivity contribution in [3.8, 4) is 11.3 Å². The largest absolute Gasteiger partial charge is 0.353 e. The molecular weight excluding hydrogens is 621 g/mol. The number of hydrogen-bond acceptors (Lipinski definition) is 4. The van der Waals surface area contributed by atoms with Crippen molar-refractivity contribution in [2.45, 2.75) is 112 Å². The van der Waals surface area contributed by atoms with Crippen LogP contribution in [0.4, 0.5) is 0 Å². The Morgan fingerprint density at radius 1 is 1.16 bits per heavy atom. The van der Waals surface area contributed by atoms with Crippen LogP contribution in [0, 0.1) is 17.3 Å². The van der Waals surface area contributed by atoms with Crippen LogP contribution in [-0.4, -0.2) is 46.5 Å². The lowest BCUT2D eigenvalue weighted by atomic mass is 9.80. The molecule has 0 radical (unpaired) electrons. The van der Waals surface area contributed by atoms with Crippen molar-refractivity contribution in [3.63, 3.8) is 0 Å². The van der Waals surface area contributed by atoms with Gasteiger partial charge in [0.05, 0.1) is 11.4 Å². The Kier molecular flexibility index (Phi) is 13.6. The average molecular weight is 683 g/mol. The molecule has 3 atom stereocenters. The number of pyridine rings is 1. The van der Waals surface area contributed by atoms with E-state index in [-0.39, 0.29) is 17.4 Å². The summed E-state index contributed by atoms with van der Waals surface area (Å²) in [5.74, 6) is 1.57. The number of amides is 1. The zero-order valence-electron chi connectivity index (χ0n) is 31.9. The van der Waals surface area contributed by atoms with E-state index in [4.69, 9.17) is 4.98 Å². The van der Waals surface area contributed by atoms with Crippen LogP contribution in [0.2, 0.25) is 0 Å². The lowest BCUT2D eigenvalue weighted by Gasteiger charge is -2.40. The molecule has 1 saturated heterocycles. The molecule has 1 aromatic carbocycles. The number of thioether (sulfide) groups is 1. The third kappa shape index (κ3) is 9.79. The molecule has 2 aromatic heterocycles. The molecule has 6 heteroatoms. The van der Waals surface area contributed by atoms with Gasteiger partial charge in [0.15, 0.2) is 0 Å². The molecule has 4 rings (SSSR count). The molecule has 1 aliphatic heterocycles. The molecule has 1 aliphatic rings. The smallest absolute Gasteiger partial charge is 0.220 e. The maximum atomic E-state index is 12.7. The Labute approximate surface area is 301 Å². The predicted octanol–water partition coefficient (Wildman–Crippen LogP) is 10.9. The van der Waals surface area contributed by atoms with E-state index in [1.54, 1.807) is 11.8 Å². The Bertz CT molecular complexity index is 1640. The molecule has 0 saturated carbocycles. The first-order valence-corrected chi connectivity index (χ1v) is 19.4. The zero-order chi connectivity index (χ0) is 35.9. The number of aryl methyl sites for hydroxylation is 1. The van der Waals surface area contributed by atoms with E-state index in [9.17, 15) is 4.79 Å². The third-order valence-corrected chi connectivity index (χ3v) is 11.5. The number of nitrogens with one attached hydrogen (secondary N) is 1. The highest BCUT2D eigenvalue weighted by atomic mass is 32.2. The van der Waals surface area contributed by atoms with E-state index in [2.05, 4.69) is 126 Å². The minimum Gasteiger partial charge on any atom is -0.353 e. The van der Waals surface area contributed by atoms with Gasteiger partial charge in [-0.2, -0.15) is 0 Å². The van der Waals surface area contributed by atoms with E-state index in [0.29, 0.717) is 24.2 Å². The third-order valence-electron chi connectivity index (χ3n) is 10.5. The SMILES string of the molecule is C=CCCC(C)(C)Cc1c(-c2cccnc2C(C)CC)n(CC)c2ccc(/C(C)=C/SC(=C)CC(C)NC(=O)CC(C)C3CN(C)C3)cc12. The monoisotopic (exact) mass is 682 g/mol. The van der Waals surface area contributed by atoms with Crippen molar-refractivity contribution in [2.75, 3.05) is 20.1 Å². The number of carbonyl (C=O) groups excluding carboxylic acids is 1. The van der Waals surface area contributed by atoms with Gasteiger partial charge < -0.3 is 14.8 Å². The van der Waals surface area contributed by atoms with E-state index in [1.807, 2.05) is 12.3 Å². The fourth-order valence-corrected chi connectivity index (χ4v) is 8.15. The van der Waals surface area contributed by atoms with Gasteiger partial charge in [-0.3, -0.25) is 9.78 Å². The van der Waals surface area contributed by atoms with Crippen LogP contribution >= 0.6 is 11.8 Å². The van der Waals surface area contributed by atoms with Crippen molar-refractivity contribution < 1.29 is 4.79 Å². The number of aromatic nitrogens is 2. The Hall–Kier alpha value is -3.09. The number of benzene rings is 1. The lowest BCUT2D eigenvalue weighted by Crippen LogP contribution is -2.47. The second-order valence-electron chi connectivity index (χ2n) is 15.5. The number of carbonyl (C=O) groups is 1. The van der Waals surface area contributed by atoms with Gasteiger partial charge in [-0.05, 0) is 134 Å². The average Bonchev–Trinajstić information content (AvgIpc) is 3.35. The molecule has 3 unspecified atom stereocenters. The van der Waals surface area contributed by atoms with Crippen molar-refractivity contribution in [3.05, 3.63) is 82.9 Å². The standard InChI is InChI=1S/C43H62N4OS/c1-12-15-20-43(9,10)25-38-37-24-34(18-19-39(37)47(14-3)42(38)36-17-16-21-44-41(36)29(4)13-2)31(6)28-49-33(8)23-32(7)45-40(48)22-30(5)35-26-46(11)27-35/h12,16-19,21,24,28-30,32,35H,1,8,13-15,20,22-23,25-27H2,2-7,9-11H3,(H,45,48)/b31-28+. The molecular formula is C43H62N4OS. The molecule has 266 valence electrons. The van der Waals surface area contributed by atoms with Crippen LogP contribution in [0.5, 0.6) is 0 Å². The molecule has 1 fully saturated rings. The van der Waals surface area contributed by atoms with Crippen LogP contribution in [0.3, 0.4) is 0 Å². The van der Waals surface area contributed by atoms with Crippen LogP contribution in [0.25, 0.3) is 27.7 Å². The van der Waals surface area contributed by atoms with Gasteiger partial charge >= 0.3 is 0 Å². The van der Waals surface area contributed by atoms with Gasteiger partial charge in [0.1, 0.15) is 0 Å². The molecule has 0 spiro atoms. The summed E-state index contributed by atoms with van der Waals surface area (Å²) >= 11 is 1.68. The summed E-state index contributed by atoms with van der Waals surface area (Å²) in [6.45, 7) is 29.5. The maximum absolute atomic E-state index is 12.7. The molecule has 1 amide bonds. The minimum absolute atomic E-state index is 0.0563. The van der Waals surface area contributed by atoms with Gasteiger partial charge in [0.25, 0.3) is 0 Å². The van der Waals surface area contributed by atoms with Crippen LogP contribution in [-0.2, 0) is 17.8 Å². The number of hydrogen-bond donors (Lipinski definition) is 1. The molecule has 1 N–H and O–H groups in total. The summed E-state index contributed by atoms with van der Waals surface area (Å²) in [6.07, 6.45) is 9.46. The molecule has 49 heavy (non-hydrogen) atoms. The van der Waals surface area contributed by atoms with Crippen molar-refractivity contribution in [1.29, 1.82) is 0 Å². The molecule has 3 aromatic rings. The van der Waals surface area contributed by atoms with Gasteiger partial charge in [0.2, 0.25) is 5.91 Å². The summed E-state index contributed by atoms with van der Waals surface area (Å²) in [5, 5.41) is 6.77. The van der Waals surface area contributed by atoms with Gasteiger partial charge in [-0.1, -0.05) is 53.3 Å². The fraction of sp³-hybridized carbons (Fsp3) is 0.535. The highest BCUT2D eigenvalue weighted by Crippen LogP contribution is 2.42. The number of nitrogens with zero attached hydrogens (tertiary/aromatic N) is 3. The molecule has 0 aliphatic carbocycles. The summed E-state index contributed by atoms with van der Waals surface area (Å²) in [5.41, 5.74) is 9.01. The second-order valence-corrected chi connectivity index (χ2v) is 16.6. The molecule has 5 nitrogen and oxygen atoms in total. The van der Waals surface area contributed by atoms with Gasteiger partial charge in [0, 0.05) is 54.8 Å². The topological polar surface area (TPSA) is 50.2 Å². The van der Waals surface area contributed by atoms with Crippen molar-refractivity contribution in [1.82, 2.24) is 19.8 Å². The van der Waals surface area contributed by atoms with Crippen molar-refractivity contribution in [2.24, 2.45) is 17.3 Å². The number of likely N-dealkylation sites (tertiary alicyclic amines) is 1. The predicted molar refractivity (Wildman–Crippen MR) is 214 cm³/mol. The summed E-state index contributed by atoms with van der Waals surface area (Å²) in [6, 6.07) is 11.4. The lowest BCUT2D eigenvalue weighted by molar-refractivity contribution is -0.123. The van der Waals surface area contributed by atoms with Crippen LogP contribution in [0.1, 0.15) is 110 Å². The van der Waals surface area contributed by atoms with E-state index >= 15 is 0 Å². The summed E-state index contributed by atoms with van der Waals surface area (Å²) in [7, 11) is 2.14. The summed E-state index contributed by atoms with van der Waals surface area (Å²) in [4.78, 5) is 21.0. The first-order valence-electron chi connectivity index (χ1n) is 18.5. The Morgan fingerprint density at radius 2 is 1.90 bits per heavy atom. The normalized spacial score (nSPS) is 16.3. The first kappa shape index (κ1) is 38.7. The summed E-state index contributed by atoms with van der Waals surface area (Å²) < 4.78 is 2.51. The van der Waals surface area contributed by atoms with Crippen LogP contribution < -0.4 is 5.32 Å². The zero-order valence-corrected chi connectivity index (χ0v) is 32.7. The quantitative estimate of drug-likeness (QED) is 0.136. The van der Waals surface area contributed by atoms with Gasteiger partial charge in [-0.15, -0.1) is 18.3 Å². The van der Waals surface area contributed by atoms with Crippen molar-refractivity contribution >= 4 is 34.1 Å². The van der Waals surface area contributed by atoms with E-state index in [0.717, 1.165) is 56.6 Å². The van der Waals surface area contributed by atoms with E-state index < -0.39 is 0 Å². The Balaban J connectivity index is 1.59. The van der Waals surface area contributed by atoms with E-state index in [1.165, 1.54) is 44.6 Å². The Morgan fingerprint density at radius 3 is 2.55 bits per heavy atom. The molecule has 3 heterocycles.